The van der Waals surface area contributed by atoms with Crippen LogP contribution in [0.3, 0.4) is 0 Å². The lowest BCUT2D eigenvalue weighted by atomic mass is 9.82. The minimum absolute atomic E-state index is 0.0843. The Morgan fingerprint density at radius 1 is 0.895 bits per heavy atom. The fourth-order valence-corrected chi connectivity index (χ4v) is 4.84. The van der Waals surface area contributed by atoms with Gasteiger partial charge in [0.15, 0.2) is 23.2 Å². The van der Waals surface area contributed by atoms with Gasteiger partial charge in [-0.25, -0.2) is 13.2 Å². The van der Waals surface area contributed by atoms with Crippen molar-refractivity contribution in [2.24, 2.45) is 0 Å². The zero-order valence-electron chi connectivity index (χ0n) is 21.4. The van der Waals surface area contributed by atoms with E-state index in [0.29, 0.717) is 48.8 Å². The predicted octanol–water partition coefficient (Wildman–Crippen LogP) is 8.16. The van der Waals surface area contributed by atoms with Crippen molar-refractivity contribution in [3.63, 3.8) is 0 Å². The van der Waals surface area contributed by atoms with Gasteiger partial charge in [0.1, 0.15) is 0 Å². The predicted molar refractivity (Wildman–Crippen MR) is 139 cm³/mol. The SMILES string of the molecule is C=CCCOc1ccc(C2CCC(OCc3ccc(-c4ccc(C(C)O)cc4)c(F)c3F)CC2)c(F)c1F. The highest BCUT2D eigenvalue weighted by Crippen LogP contribution is 2.38. The van der Waals surface area contributed by atoms with Gasteiger partial charge in [-0.15, -0.1) is 6.58 Å². The van der Waals surface area contributed by atoms with Crippen LogP contribution in [0, 0.1) is 23.3 Å². The molecule has 0 spiro atoms. The van der Waals surface area contributed by atoms with Gasteiger partial charge in [0.25, 0.3) is 0 Å². The normalized spacial score (nSPS) is 18.3. The zero-order valence-corrected chi connectivity index (χ0v) is 21.4. The van der Waals surface area contributed by atoms with Crippen LogP contribution in [-0.4, -0.2) is 17.8 Å². The molecular weight excluding hydrogens is 496 g/mol. The van der Waals surface area contributed by atoms with Gasteiger partial charge < -0.3 is 14.6 Å². The lowest BCUT2D eigenvalue weighted by Gasteiger charge is -2.29. The molecule has 1 saturated carbocycles. The van der Waals surface area contributed by atoms with Gasteiger partial charge in [0, 0.05) is 11.1 Å². The Hall–Kier alpha value is -3.16. The van der Waals surface area contributed by atoms with Gasteiger partial charge >= 0.3 is 0 Å². The molecule has 0 saturated heterocycles. The summed E-state index contributed by atoms with van der Waals surface area (Å²) in [6, 6.07) is 12.7. The molecule has 0 bridgehead atoms. The second-order valence-electron chi connectivity index (χ2n) is 9.69. The van der Waals surface area contributed by atoms with Crippen LogP contribution < -0.4 is 4.74 Å². The summed E-state index contributed by atoms with van der Waals surface area (Å²) in [6.45, 7) is 5.35. The number of hydrogen-bond donors (Lipinski definition) is 1. The van der Waals surface area contributed by atoms with E-state index >= 15 is 0 Å². The van der Waals surface area contributed by atoms with E-state index in [-0.39, 0.29) is 42.1 Å². The Morgan fingerprint density at radius 3 is 2.26 bits per heavy atom. The van der Waals surface area contributed by atoms with E-state index in [1.54, 1.807) is 43.3 Å². The third-order valence-corrected chi connectivity index (χ3v) is 7.11. The summed E-state index contributed by atoms with van der Waals surface area (Å²) in [5.41, 5.74) is 1.77. The lowest BCUT2D eigenvalue weighted by molar-refractivity contribution is 0.0116. The van der Waals surface area contributed by atoms with E-state index in [4.69, 9.17) is 9.47 Å². The molecule has 3 aromatic rings. The van der Waals surface area contributed by atoms with Crippen LogP contribution in [0.5, 0.6) is 5.75 Å². The number of rotatable bonds is 10. The van der Waals surface area contributed by atoms with Crippen molar-refractivity contribution < 1.29 is 32.1 Å². The number of aliphatic hydroxyl groups excluding tert-OH is 1. The first-order valence-corrected chi connectivity index (χ1v) is 12.9. The van der Waals surface area contributed by atoms with Crippen molar-refractivity contribution in [1.29, 1.82) is 0 Å². The second-order valence-corrected chi connectivity index (χ2v) is 9.69. The van der Waals surface area contributed by atoms with Crippen molar-refractivity contribution in [3.05, 3.63) is 101 Å². The summed E-state index contributed by atoms with van der Waals surface area (Å²) >= 11 is 0. The Labute approximate surface area is 220 Å². The molecule has 0 aliphatic heterocycles. The highest BCUT2D eigenvalue weighted by atomic mass is 19.2. The maximum Gasteiger partial charge on any atom is 0.200 e. The Bertz CT molecular complexity index is 1250. The summed E-state index contributed by atoms with van der Waals surface area (Å²) in [4.78, 5) is 0. The molecule has 38 heavy (non-hydrogen) atoms. The van der Waals surface area contributed by atoms with Crippen LogP contribution in [0.25, 0.3) is 11.1 Å². The number of ether oxygens (including phenoxy) is 2. The molecule has 4 rings (SSSR count). The molecule has 3 aromatic carbocycles. The first kappa shape index (κ1) is 27.9. The average Bonchev–Trinajstić information content (AvgIpc) is 2.92. The van der Waals surface area contributed by atoms with Crippen LogP contribution in [0.4, 0.5) is 17.6 Å². The summed E-state index contributed by atoms with van der Waals surface area (Å²) < 4.78 is 70.0. The smallest absolute Gasteiger partial charge is 0.200 e. The summed E-state index contributed by atoms with van der Waals surface area (Å²) in [5.74, 6) is -4.03. The number of halogens is 4. The van der Waals surface area contributed by atoms with Crippen LogP contribution in [0.1, 0.15) is 67.7 Å². The molecular formula is C31H32F4O3. The third kappa shape index (κ3) is 6.27. The fourth-order valence-electron chi connectivity index (χ4n) is 4.84. The molecule has 3 nitrogen and oxygen atoms in total. The largest absolute Gasteiger partial charge is 0.490 e. The molecule has 0 amide bonds. The maximum absolute atomic E-state index is 14.8. The van der Waals surface area contributed by atoms with Crippen molar-refractivity contribution in [3.8, 4) is 16.9 Å². The van der Waals surface area contributed by atoms with Crippen molar-refractivity contribution in [2.75, 3.05) is 6.61 Å². The van der Waals surface area contributed by atoms with Gasteiger partial charge in [-0.1, -0.05) is 48.5 Å². The topological polar surface area (TPSA) is 38.7 Å². The first-order chi connectivity index (χ1) is 18.3. The summed E-state index contributed by atoms with van der Waals surface area (Å²) in [5, 5.41) is 9.64. The summed E-state index contributed by atoms with van der Waals surface area (Å²) in [7, 11) is 0. The number of hydrogen-bond acceptors (Lipinski definition) is 3. The van der Waals surface area contributed by atoms with Crippen LogP contribution in [0.2, 0.25) is 0 Å². The fraction of sp³-hybridized carbons (Fsp3) is 0.355. The van der Waals surface area contributed by atoms with E-state index in [2.05, 4.69) is 6.58 Å². The van der Waals surface area contributed by atoms with Gasteiger partial charge in [-0.05, 0) is 67.7 Å². The number of benzene rings is 3. The molecule has 1 atom stereocenters. The average molecular weight is 529 g/mol. The molecule has 7 heteroatoms. The standard InChI is InChI=1S/C31H32F4O3/c1-3-4-17-37-27-16-15-26(30(34)31(27)35)22-9-12-24(13-10-22)38-18-23-11-14-25(29(33)28(23)32)21-7-5-20(6-8-21)19(2)36/h3,5-8,11,14-16,19,22,24,36H,1,4,9-10,12-13,17-18H2,2H3. The number of aliphatic hydroxyl groups is 1. The van der Waals surface area contributed by atoms with Gasteiger partial charge in [0.2, 0.25) is 5.82 Å². The highest BCUT2D eigenvalue weighted by Gasteiger charge is 2.27. The lowest BCUT2D eigenvalue weighted by Crippen LogP contribution is -2.21. The maximum atomic E-state index is 14.8. The first-order valence-electron chi connectivity index (χ1n) is 12.9. The quantitative estimate of drug-likeness (QED) is 0.164. The van der Waals surface area contributed by atoms with E-state index < -0.39 is 29.4 Å². The molecule has 0 heterocycles. The van der Waals surface area contributed by atoms with Gasteiger partial charge in [-0.2, -0.15) is 4.39 Å². The van der Waals surface area contributed by atoms with Crippen LogP contribution in [-0.2, 0) is 11.3 Å². The third-order valence-electron chi connectivity index (χ3n) is 7.11. The Kier molecular flexibility index (Phi) is 9.23. The van der Waals surface area contributed by atoms with E-state index in [9.17, 15) is 22.7 Å². The van der Waals surface area contributed by atoms with E-state index in [1.807, 2.05) is 0 Å². The van der Waals surface area contributed by atoms with E-state index in [0.717, 1.165) is 0 Å². The van der Waals surface area contributed by atoms with Crippen LogP contribution in [0.15, 0.2) is 61.2 Å². The van der Waals surface area contributed by atoms with Gasteiger partial charge in [-0.3, -0.25) is 0 Å². The molecule has 0 aromatic heterocycles. The molecule has 202 valence electrons. The molecule has 1 aliphatic carbocycles. The van der Waals surface area contributed by atoms with Crippen LogP contribution >= 0.6 is 0 Å². The second kappa shape index (κ2) is 12.6. The Morgan fingerprint density at radius 2 is 1.61 bits per heavy atom. The Balaban J connectivity index is 1.34. The van der Waals surface area contributed by atoms with Crippen molar-refractivity contribution in [1.82, 2.24) is 0 Å². The summed E-state index contributed by atoms with van der Waals surface area (Å²) in [6.07, 6.45) is 3.73. The minimum Gasteiger partial charge on any atom is -0.490 e. The molecule has 1 unspecified atom stereocenters. The van der Waals surface area contributed by atoms with Crippen molar-refractivity contribution >= 4 is 0 Å². The highest BCUT2D eigenvalue weighted by molar-refractivity contribution is 5.65. The molecule has 0 radical (unpaired) electrons. The molecule has 1 fully saturated rings. The van der Waals surface area contributed by atoms with Crippen molar-refractivity contribution in [2.45, 2.75) is 63.8 Å². The molecule has 1 aliphatic rings. The monoisotopic (exact) mass is 528 g/mol. The minimum atomic E-state index is -0.982. The van der Waals surface area contributed by atoms with E-state index in [1.165, 1.54) is 18.2 Å². The zero-order chi connectivity index (χ0) is 27.2. The van der Waals surface area contributed by atoms with Gasteiger partial charge in [0.05, 0.1) is 25.4 Å². The molecule has 1 N–H and O–H groups in total.